The Balaban J connectivity index is 1.71. The van der Waals surface area contributed by atoms with Crippen molar-refractivity contribution in [1.29, 1.82) is 0 Å². The van der Waals surface area contributed by atoms with Gasteiger partial charge in [-0.1, -0.05) is 36.4 Å². The van der Waals surface area contributed by atoms with E-state index in [1.807, 2.05) is 30.3 Å². The van der Waals surface area contributed by atoms with Crippen molar-refractivity contribution in [1.82, 2.24) is 5.32 Å². The third-order valence-corrected chi connectivity index (χ3v) is 4.47. The summed E-state index contributed by atoms with van der Waals surface area (Å²) in [4.78, 5) is 12.5. The van der Waals surface area contributed by atoms with E-state index in [-0.39, 0.29) is 18.0 Å². The molecule has 3 rings (SSSR count). The van der Waals surface area contributed by atoms with Crippen LogP contribution in [0.3, 0.4) is 0 Å². The van der Waals surface area contributed by atoms with Crippen LogP contribution >= 0.6 is 0 Å². The maximum Gasteiger partial charge on any atom is 0.251 e. The number of amides is 1. The summed E-state index contributed by atoms with van der Waals surface area (Å²) in [6, 6.07) is 17.4. The Morgan fingerprint density at radius 1 is 0.964 bits per heavy atom. The number of hydrogen-bond acceptors (Lipinski definition) is 3. The molecule has 0 spiro atoms. The molecule has 6 heteroatoms. The van der Waals surface area contributed by atoms with Gasteiger partial charge in [-0.15, -0.1) is 0 Å². The maximum absolute atomic E-state index is 13.8. The number of hydrogen-bond donors (Lipinski definition) is 3. The van der Waals surface area contributed by atoms with E-state index in [1.54, 1.807) is 18.2 Å². The summed E-state index contributed by atoms with van der Waals surface area (Å²) in [6.45, 7) is 0.458. The second-order valence-corrected chi connectivity index (χ2v) is 6.47. The molecule has 28 heavy (non-hydrogen) atoms. The summed E-state index contributed by atoms with van der Waals surface area (Å²) in [6.07, 6.45) is 0. The van der Waals surface area contributed by atoms with Crippen LogP contribution < -0.4 is 16.8 Å². The van der Waals surface area contributed by atoms with Crippen LogP contribution in [0.2, 0.25) is 0 Å². The SMILES string of the molecule is NCc1cccc(-c2cccc(C(=O)NCC(N)c3ccc(F)cc3F)c2)c1. The Bertz CT molecular complexity index is 991. The molecule has 0 aliphatic rings. The first-order chi connectivity index (χ1) is 13.5. The van der Waals surface area contributed by atoms with Gasteiger partial charge in [0.1, 0.15) is 11.6 Å². The summed E-state index contributed by atoms with van der Waals surface area (Å²) in [5.74, 6) is -1.73. The van der Waals surface area contributed by atoms with E-state index in [4.69, 9.17) is 11.5 Å². The van der Waals surface area contributed by atoms with Crippen molar-refractivity contribution < 1.29 is 13.6 Å². The first-order valence-corrected chi connectivity index (χ1v) is 8.86. The second kappa shape index (κ2) is 8.73. The van der Waals surface area contributed by atoms with Crippen molar-refractivity contribution in [3.05, 3.63) is 95.1 Å². The molecular formula is C22H21F2N3O. The van der Waals surface area contributed by atoms with Gasteiger partial charge in [0.25, 0.3) is 5.91 Å². The number of nitrogens with one attached hydrogen (secondary N) is 1. The molecule has 144 valence electrons. The van der Waals surface area contributed by atoms with Crippen LogP contribution in [0.4, 0.5) is 8.78 Å². The van der Waals surface area contributed by atoms with Crippen LogP contribution in [0, 0.1) is 11.6 Å². The van der Waals surface area contributed by atoms with Crippen LogP contribution in [0.5, 0.6) is 0 Å². The molecule has 0 bridgehead atoms. The van der Waals surface area contributed by atoms with E-state index < -0.39 is 17.7 Å². The normalized spacial score (nSPS) is 11.9. The molecule has 3 aromatic rings. The molecule has 0 saturated carbocycles. The van der Waals surface area contributed by atoms with E-state index >= 15 is 0 Å². The van der Waals surface area contributed by atoms with Crippen LogP contribution in [-0.2, 0) is 6.54 Å². The number of rotatable bonds is 6. The van der Waals surface area contributed by atoms with Gasteiger partial charge in [-0.2, -0.15) is 0 Å². The zero-order valence-corrected chi connectivity index (χ0v) is 15.2. The fraction of sp³-hybridized carbons (Fsp3) is 0.136. The predicted molar refractivity (Wildman–Crippen MR) is 105 cm³/mol. The molecule has 0 fully saturated rings. The van der Waals surface area contributed by atoms with Crippen molar-refractivity contribution in [2.75, 3.05) is 6.54 Å². The van der Waals surface area contributed by atoms with Crippen LogP contribution in [0.15, 0.2) is 66.7 Å². The number of carbonyl (C=O) groups excluding carboxylic acids is 1. The molecule has 0 aliphatic heterocycles. The molecule has 0 aliphatic carbocycles. The third kappa shape index (κ3) is 4.60. The first kappa shape index (κ1) is 19.7. The average molecular weight is 381 g/mol. The molecule has 5 N–H and O–H groups in total. The van der Waals surface area contributed by atoms with E-state index in [0.717, 1.165) is 28.8 Å². The fourth-order valence-corrected chi connectivity index (χ4v) is 2.93. The Morgan fingerprint density at radius 2 is 1.68 bits per heavy atom. The number of benzene rings is 3. The minimum absolute atomic E-state index is 0.0221. The van der Waals surface area contributed by atoms with Crippen molar-refractivity contribution in [2.45, 2.75) is 12.6 Å². The molecule has 4 nitrogen and oxygen atoms in total. The quantitative estimate of drug-likeness (QED) is 0.611. The number of carbonyl (C=O) groups is 1. The number of nitrogens with two attached hydrogens (primary N) is 2. The van der Waals surface area contributed by atoms with E-state index in [9.17, 15) is 13.6 Å². The Kier molecular flexibility index (Phi) is 6.13. The molecule has 1 atom stereocenters. The Labute approximate surface area is 162 Å². The molecule has 0 heterocycles. The second-order valence-electron chi connectivity index (χ2n) is 6.47. The molecule has 0 radical (unpaired) electrons. The van der Waals surface area contributed by atoms with Crippen LogP contribution in [0.25, 0.3) is 11.1 Å². The standard InChI is InChI=1S/C22H21F2N3O/c23-18-7-8-19(20(24)11-18)21(26)13-27-22(28)17-6-2-5-16(10-17)15-4-1-3-14(9-15)12-25/h1-11,21H,12-13,25-26H2,(H,27,28). The highest BCUT2D eigenvalue weighted by molar-refractivity contribution is 5.95. The van der Waals surface area contributed by atoms with Crippen molar-refractivity contribution in [2.24, 2.45) is 11.5 Å². The van der Waals surface area contributed by atoms with Gasteiger partial charge in [-0.05, 0) is 41.0 Å². The summed E-state index contributed by atoms with van der Waals surface area (Å²) in [5, 5.41) is 2.70. The van der Waals surface area contributed by atoms with E-state index in [1.165, 1.54) is 6.07 Å². The summed E-state index contributed by atoms with van der Waals surface area (Å²) < 4.78 is 26.8. The lowest BCUT2D eigenvalue weighted by molar-refractivity contribution is 0.0951. The molecule has 3 aromatic carbocycles. The highest BCUT2D eigenvalue weighted by atomic mass is 19.1. The molecule has 1 amide bonds. The lowest BCUT2D eigenvalue weighted by Gasteiger charge is -2.14. The lowest BCUT2D eigenvalue weighted by Crippen LogP contribution is -2.32. The highest BCUT2D eigenvalue weighted by Crippen LogP contribution is 2.22. The monoisotopic (exact) mass is 381 g/mol. The van der Waals surface area contributed by atoms with Gasteiger partial charge in [-0.3, -0.25) is 4.79 Å². The highest BCUT2D eigenvalue weighted by Gasteiger charge is 2.14. The van der Waals surface area contributed by atoms with Crippen molar-refractivity contribution >= 4 is 5.91 Å². The van der Waals surface area contributed by atoms with Gasteiger partial charge in [0.05, 0.1) is 6.04 Å². The first-order valence-electron chi connectivity index (χ1n) is 8.86. The summed E-state index contributed by atoms with van der Waals surface area (Å²) in [5.41, 5.74) is 15.1. The minimum atomic E-state index is -0.783. The lowest BCUT2D eigenvalue weighted by atomic mass is 10.0. The largest absolute Gasteiger partial charge is 0.350 e. The summed E-state index contributed by atoms with van der Waals surface area (Å²) in [7, 11) is 0. The molecular weight excluding hydrogens is 360 g/mol. The predicted octanol–water partition coefficient (Wildman–Crippen LogP) is 3.52. The molecule has 1 unspecified atom stereocenters. The third-order valence-electron chi connectivity index (χ3n) is 4.47. The van der Waals surface area contributed by atoms with E-state index in [2.05, 4.69) is 5.32 Å². The molecule has 0 aromatic heterocycles. The van der Waals surface area contributed by atoms with Crippen LogP contribution in [0.1, 0.15) is 27.5 Å². The van der Waals surface area contributed by atoms with Crippen molar-refractivity contribution in [3.63, 3.8) is 0 Å². The summed E-state index contributed by atoms with van der Waals surface area (Å²) >= 11 is 0. The average Bonchev–Trinajstić information content (AvgIpc) is 2.72. The minimum Gasteiger partial charge on any atom is -0.350 e. The Morgan fingerprint density at radius 3 is 2.39 bits per heavy atom. The number of halogens is 2. The van der Waals surface area contributed by atoms with Gasteiger partial charge in [-0.25, -0.2) is 8.78 Å². The Hall–Kier alpha value is -3.09. The van der Waals surface area contributed by atoms with Gasteiger partial charge >= 0.3 is 0 Å². The van der Waals surface area contributed by atoms with Gasteiger partial charge < -0.3 is 16.8 Å². The zero-order chi connectivity index (χ0) is 20.1. The van der Waals surface area contributed by atoms with Gasteiger partial charge in [0.15, 0.2) is 0 Å². The molecule has 0 saturated heterocycles. The zero-order valence-electron chi connectivity index (χ0n) is 15.2. The van der Waals surface area contributed by atoms with Gasteiger partial charge in [0, 0.05) is 30.3 Å². The van der Waals surface area contributed by atoms with Gasteiger partial charge in [0.2, 0.25) is 0 Å². The maximum atomic E-state index is 13.8. The van der Waals surface area contributed by atoms with Crippen LogP contribution in [-0.4, -0.2) is 12.5 Å². The van der Waals surface area contributed by atoms with Crippen molar-refractivity contribution in [3.8, 4) is 11.1 Å². The topological polar surface area (TPSA) is 81.1 Å². The van der Waals surface area contributed by atoms with E-state index in [0.29, 0.717) is 12.1 Å². The smallest absolute Gasteiger partial charge is 0.251 e. The fourth-order valence-electron chi connectivity index (χ4n) is 2.93.